The summed E-state index contributed by atoms with van der Waals surface area (Å²) in [6, 6.07) is 1.13. The Labute approximate surface area is 102 Å². The summed E-state index contributed by atoms with van der Waals surface area (Å²) in [6.45, 7) is 3.04. The number of nitrogens with zero attached hydrogens (tertiary/aromatic N) is 2. The van der Waals surface area contributed by atoms with Crippen LogP contribution in [0.5, 0.6) is 0 Å². The van der Waals surface area contributed by atoms with E-state index in [-0.39, 0.29) is 0 Å². The van der Waals surface area contributed by atoms with Crippen LogP contribution in [0.1, 0.15) is 36.4 Å². The molecule has 90 valence electrons. The normalized spacial score (nSPS) is 26.2. The van der Waals surface area contributed by atoms with Crippen LogP contribution in [0.3, 0.4) is 0 Å². The molecule has 0 amide bonds. The molecule has 1 fully saturated rings. The minimum absolute atomic E-state index is 0.437. The lowest BCUT2D eigenvalue weighted by Crippen LogP contribution is -2.38. The van der Waals surface area contributed by atoms with E-state index in [0.29, 0.717) is 12.1 Å². The zero-order valence-electron chi connectivity index (χ0n) is 10.1. The summed E-state index contributed by atoms with van der Waals surface area (Å²) in [5.74, 6) is 0. The van der Waals surface area contributed by atoms with Crippen LogP contribution in [0.4, 0.5) is 0 Å². The lowest BCUT2D eigenvalue weighted by atomic mass is 9.91. The standard InChI is InChI=1S/C12H21N3S/c1-9-8-16-12(14-9)7-15(2)11-5-3-10(13)4-6-11/h8,10-11H,3-7,13H2,1-2H3. The van der Waals surface area contributed by atoms with Gasteiger partial charge in [0.2, 0.25) is 0 Å². The summed E-state index contributed by atoms with van der Waals surface area (Å²) in [6.07, 6.45) is 4.82. The fraction of sp³-hybridized carbons (Fsp3) is 0.750. The second kappa shape index (κ2) is 5.25. The summed E-state index contributed by atoms with van der Waals surface area (Å²) in [5.41, 5.74) is 7.06. The Kier molecular flexibility index (Phi) is 3.95. The lowest BCUT2D eigenvalue weighted by Gasteiger charge is -2.32. The summed E-state index contributed by atoms with van der Waals surface area (Å²) < 4.78 is 0. The summed E-state index contributed by atoms with van der Waals surface area (Å²) >= 11 is 1.76. The molecule has 1 aromatic heterocycles. The highest BCUT2D eigenvalue weighted by Crippen LogP contribution is 2.23. The van der Waals surface area contributed by atoms with Crippen molar-refractivity contribution in [3.05, 3.63) is 16.1 Å². The molecule has 0 radical (unpaired) electrons. The van der Waals surface area contributed by atoms with E-state index in [9.17, 15) is 0 Å². The molecule has 0 bridgehead atoms. The van der Waals surface area contributed by atoms with E-state index in [1.54, 1.807) is 11.3 Å². The Hall–Kier alpha value is -0.450. The van der Waals surface area contributed by atoms with Gasteiger partial charge in [0.05, 0.1) is 6.54 Å². The lowest BCUT2D eigenvalue weighted by molar-refractivity contribution is 0.176. The second-order valence-corrected chi connectivity index (χ2v) is 5.81. The highest BCUT2D eigenvalue weighted by atomic mass is 32.1. The maximum absolute atomic E-state index is 5.92. The highest BCUT2D eigenvalue weighted by molar-refractivity contribution is 7.09. The molecule has 0 atom stereocenters. The molecule has 0 aromatic carbocycles. The van der Waals surface area contributed by atoms with Gasteiger partial charge in [0.1, 0.15) is 5.01 Å². The fourth-order valence-electron chi connectivity index (χ4n) is 2.36. The van der Waals surface area contributed by atoms with Crippen LogP contribution in [-0.2, 0) is 6.54 Å². The van der Waals surface area contributed by atoms with Crippen molar-refractivity contribution in [3.8, 4) is 0 Å². The Bertz CT molecular complexity index is 329. The van der Waals surface area contributed by atoms with Crippen LogP contribution >= 0.6 is 11.3 Å². The van der Waals surface area contributed by atoms with Crippen molar-refractivity contribution in [1.29, 1.82) is 0 Å². The van der Waals surface area contributed by atoms with Crippen LogP contribution in [0.25, 0.3) is 0 Å². The van der Waals surface area contributed by atoms with Gasteiger partial charge in [0.25, 0.3) is 0 Å². The topological polar surface area (TPSA) is 42.1 Å². The number of hydrogen-bond acceptors (Lipinski definition) is 4. The second-order valence-electron chi connectivity index (χ2n) is 4.87. The zero-order valence-corrected chi connectivity index (χ0v) is 11.0. The molecule has 4 heteroatoms. The first-order valence-electron chi connectivity index (χ1n) is 6.02. The minimum atomic E-state index is 0.437. The maximum atomic E-state index is 5.92. The third-order valence-corrected chi connectivity index (χ3v) is 4.37. The van der Waals surface area contributed by atoms with Gasteiger partial charge in [-0.3, -0.25) is 4.90 Å². The molecule has 0 aliphatic heterocycles. The smallest absolute Gasteiger partial charge is 0.107 e. The van der Waals surface area contributed by atoms with Gasteiger partial charge in [0.15, 0.2) is 0 Å². The number of aromatic nitrogens is 1. The Morgan fingerprint density at radius 3 is 2.69 bits per heavy atom. The molecule has 1 saturated carbocycles. The van der Waals surface area contributed by atoms with Crippen molar-refractivity contribution in [1.82, 2.24) is 9.88 Å². The van der Waals surface area contributed by atoms with Crippen molar-refractivity contribution in [2.45, 2.75) is 51.2 Å². The monoisotopic (exact) mass is 239 g/mol. The van der Waals surface area contributed by atoms with Gasteiger partial charge >= 0.3 is 0 Å². The van der Waals surface area contributed by atoms with Crippen molar-refractivity contribution < 1.29 is 0 Å². The molecule has 1 aliphatic carbocycles. The predicted octanol–water partition coefficient (Wildman–Crippen LogP) is 2.15. The zero-order chi connectivity index (χ0) is 11.5. The molecule has 1 aromatic rings. The highest BCUT2D eigenvalue weighted by Gasteiger charge is 2.22. The molecular weight excluding hydrogens is 218 g/mol. The van der Waals surface area contributed by atoms with Crippen molar-refractivity contribution >= 4 is 11.3 Å². The molecule has 1 heterocycles. The van der Waals surface area contributed by atoms with Crippen molar-refractivity contribution in [2.24, 2.45) is 5.73 Å². The number of aryl methyl sites for hydroxylation is 1. The van der Waals surface area contributed by atoms with Gasteiger partial charge < -0.3 is 5.73 Å². The average Bonchev–Trinajstić information content (AvgIpc) is 2.65. The number of nitrogens with two attached hydrogens (primary N) is 1. The Balaban J connectivity index is 1.85. The van der Waals surface area contributed by atoms with Crippen LogP contribution in [0.15, 0.2) is 5.38 Å². The van der Waals surface area contributed by atoms with Crippen LogP contribution in [0, 0.1) is 6.92 Å². The molecule has 2 rings (SSSR count). The molecule has 0 spiro atoms. The average molecular weight is 239 g/mol. The van der Waals surface area contributed by atoms with Gasteiger partial charge in [-0.1, -0.05) is 0 Å². The summed E-state index contributed by atoms with van der Waals surface area (Å²) in [5, 5.41) is 3.36. The number of hydrogen-bond donors (Lipinski definition) is 1. The van der Waals surface area contributed by atoms with E-state index in [4.69, 9.17) is 5.73 Å². The first kappa shape index (κ1) is 12.0. The third-order valence-electron chi connectivity index (χ3n) is 3.42. The van der Waals surface area contributed by atoms with Crippen molar-refractivity contribution in [2.75, 3.05) is 7.05 Å². The minimum Gasteiger partial charge on any atom is -0.328 e. The van der Waals surface area contributed by atoms with E-state index in [2.05, 4.69) is 29.2 Å². The molecule has 2 N–H and O–H groups in total. The SMILES string of the molecule is Cc1csc(CN(C)C2CCC(N)CC2)n1. The van der Waals surface area contributed by atoms with E-state index >= 15 is 0 Å². The van der Waals surface area contributed by atoms with Crippen molar-refractivity contribution in [3.63, 3.8) is 0 Å². The molecule has 0 saturated heterocycles. The maximum Gasteiger partial charge on any atom is 0.107 e. The van der Waals surface area contributed by atoms with E-state index < -0.39 is 0 Å². The summed E-state index contributed by atoms with van der Waals surface area (Å²) in [4.78, 5) is 6.95. The van der Waals surface area contributed by atoms with Gasteiger partial charge in [-0.15, -0.1) is 11.3 Å². The fourth-order valence-corrected chi connectivity index (χ4v) is 3.19. The van der Waals surface area contributed by atoms with Gasteiger partial charge in [-0.2, -0.15) is 0 Å². The Morgan fingerprint density at radius 1 is 1.44 bits per heavy atom. The first-order valence-corrected chi connectivity index (χ1v) is 6.90. The van der Waals surface area contributed by atoms with Gasteiger partial charge in [-0.25, -0.2) is 4.98 Å². The summed E-state index contributed by atoms with van der Waals surface area (Å²) in [7, 11) is 2.21. The van der Waals surface area contributed by atoms with E-state index in [1.165, 1.54) is 30.7 Å². The molecular formula is C12H21N3S. The Morgan fingerprint density at radius 2 is 2.12 bits per heavy atom. The molecule has 3 nitrogen and oxygen atoms in total. The largest absolute Gasteiger partial charge is 0.328 e. The van der Waals surface area contributed by atoms with E-state index in [0.717, 1.165) is 12.2 Å². The van der Waals surface area contributed by atoms with E-state index in [1.807, 2.05) is 0 Å². The number of rotatable bonds is 3. The molecule has 0 unspecified atom stereocenters. The van der Waals surface area contributed by atoms with Gasteiger partial charge in [-0.05, 0) is 39.7 Å². The van der Waals surface area contributed by atoms with Crippen LogP contribution in [0.2, 0.25) is 0 Å². The predicted molar refractivity (Wildman–Crippen MR) is 68.5 cm³/mol. The van der Waals surface area contributed by atoms with Gasteiger partial charge in [0, 0.05) is 23.2 Å². The van der Waals surface area contributed by atoms with Crippen LogP contribution < -0.4 is 5.73 Å². The third kappa shape index (κ3) is 3.03. The molecule has 1 aliphatic rings. The van der Waals surface area contributed by atoms with Crippen LogP contribution in [-0.4, -0.2) is 29.0 Å². The molecule has 16 heavy (non-hydrogen) atoms. The first-order chi connectivity index (χ1) is 7.65. The number of thiazole rings is 1. The quantitative estimate of drug-likeness (QED) is 0.879.